The summed E-state index contributed by atoms with van der Waals surface area (Å²) in [6.07, 6.45) is 0.323. The van der Waals surface area contributed by atoms with Gasteiger partial charge in [-0.1, -0.05) is 0 Å². The van der Waals surface area contributed by atoms with Gasteiger partial charge in [-0.25, -0.2) is 0 Å². The first-order chi connectivity index (χ1) is 3.27. The molecule has 0 saturated heterocycles. The van der Waals surface area contributed by atoms with Crippen LogP contribution in [0.1, 0.15) is 20.3 Å². The van der Waals surface area contributed by atoms with E-state index in [9.17, 15) is 0 Å². The van der Waals surface area contributed by atoms with Gasteiger partial charge in [-0.15, -0.1) is 11.8 Å². The molecular formula is C6H10O. The third-order valence-electron chi connectivity index (χ3n) is 0.574. The van der Waals surface area contributed by atoms with Gasteiger partial charge in [0.15, 0.2) is 0 Å². The number of aliphatic hydroxyl groups excluding tert-OH is 1. The van der Waals surface area contributed by atoms with Gasteiger partial charge in [-0.3, -0.25) is 0 Å². The molecule has 0 aromatic rings. The Balaban J connectivity index is 3.08. The van der Waals surface area contributed by atoms with Crippen LogP contribution >= 0.6 is 0 Å². The van der Waals surface area contributed by atoms with Gasteiger partial charge in [-0.2, -0.15) is 0 Å². The van der Waals surface area contributed by atoms with Gasteiger partial charge in [0.1, 0.15) is 0 Å². The van der Waals surface area contributed by atoms with Crippen molar-refractivity contribution in [3.05, 3.63) is 0 Å². The molecule has 0 heterocycles. The van der Waals surface area contributed by atoms with Crippen molar-refractivity contribution in [1.82, 2.24) is 0 Å². The van der Waals surface area contributed by atoms with Crippen LogP contribution in [0.5, 0.6) is 0 Å². The van der Waals surface area contributed by atoms with Crippen LogP contribution in [-0.4, -0.2) is 11.2 Å². The van der Waals surface area contributed by atoms with Crippen molar-refractivity contribution in [3.63, 3.8) is 0 Å². The number of hydrogen-bond acceptors (Lipinski definition) is 1. The average Bonchev–Trinajstić information content (AvgIpc) is 1.61. The van der Waals surface area contributed by atoms with Crippen LogP contribution in [0.2, 0.25) is 0 Å². The molecule has 0 rings (SSSR count). The van der Waals surface area contributed by atoms with Crippen molar-refractivity contribution in [2.75, 3.05) is 0 Å². The molecule has 0 aromatic heterocycles. The molecule has 0 aliphatic rings. The smallest absolute Gasteiger partial charge is 0.0621 e. The largest absolute Gasteiger partial charge is 0.392 e. The summed E-state index contributed by atoms with van der Waals surface area (Å²) in [5, 5.41) is 8.58. The van der Waals surface area contributed by atoms with Crippen molar-refractivity contribution < 1.29 is 5.11 Å². The fraction of sp³-hybridized carbons (Fsp3) is 0.667. The second kappa shape index (κ2) is 3.70. The summed E-state index contributed by atoms with van der Waals surface area (Å²) in [5.41, 5.74) is 0. The number of hydrogen-bond donors (Lipinski definition) is 1. The Kier molecular flexibility index (Phi) is 3.45. The van der Waals surface area contributed by atoms with Crippen LogP contribution in [0.15, 0.2) is 0 Å². The van der Waals surface area contributed by atoms with Crippen molar-refractivity contribution in [2.24, 2.45) is 0 Å². The van der Waals surface area contributed by atoms with E-state index >= 15 is 0 Å². The van der Waals surface area contributed by atoms with Crippen LogP contribution in [0.3, 0.4) is 0 Å². The second-order valence-corrected chi connectivity index (χ2v) is 1.48. The van der Waals surface area contributed by atoms with E-state index in [1.165, 1.54) is 0 Å². The van der Waals surface area contributed by atoms with Crippen molar-refractivity contribution in [3.8, 4) is 11.8 Å². The topological polar surface area (TPSA) is 20.2 Å². The molecule has 0 amide bonds. The Bertz CT molecular complexity index is 84.1. The Labute approximate surface area is 44.4 Å². The lowest BCUT2D eigenvalue weighted by molar-refractivity contribution is 0.201. The minimum Gasteiger partial charge on any atom is -0.392 e. The zero-order valence-electron chi connectivity index (χ0n) is 4.73. The van der Waals surface area contributed by atoms with Gasteiger partial charge >= 0.3 is 0 Å². The standard InChI is InChI=1S/C6H10O/c1-3-4-5-6(2)7/h6-7H,5H2,1-2H3/t6-/m0/s1. The normalized spacial score (nSPS) is 11.9. The molecule has 1 heteroatoms. The first-order valence-corrected chi connectivity index (χ1v) is 2.35. The van der Waals surface area contributed by atoms with Gasteiger partial charge in [0.25, 0.3) is 0 Å². The summed E-state index contributed by atoms with van der Waals surface area (Å²) in [7, 11) is 0. The van der Waals surface area contributed by atoms with Crippen molar-refractivity contribution in [2.45, 2.75) is 26.4 Å². The van der Waals surface area contributed by atoms with E-state index in [1.54, 1.807) is 13.8 Å². The molecule has 1 N–H and O–H groups in total. The molecule has 0 spiro atoms. The quantitative estimate of drug-likeness (QED) is 0.480. The minimum absolute atomic E-state index is 0.271. The maximum Gasteiger partial charge on any atom is 0.0621 e. The molecule has 1 nitrogen and oxygen atoms in total. The highest BCUT2D eigenvalue weighted by Crippen LogP contribution is 1.83. The highest BCUT2D eigenvalue weighted by Gasteiger charge is 1.85. The molecule has 0 aliphatic heterocycles. The summed E-state index contributed by atoms with van der Waals surface area (Å²) < 4.78 is 0. The zero-order valence-corrected chi connectivity index (χ0v) is 4.73. The Hall–Kier alpha value is -0.480. The summed E-state index contributed by atoms with van der Waals surface area (Å²) >= 11 is 0. The summed E-state index contributed by atoms with van der Waals surface area (Å²) in [4.78, 5) is 0. The van der Waals surface area contributed by atoms with Gasteiger partial charge in [0, 0.05) is 6.42 Å². The van der Waals surface area contributed by atoms with Crippen molar-refractivity contribution >= 4 is 0 Å². The van der Waals surface area contributed by atoms with Crippen molar-refractivity contribution in [1.29, 1.82) is 0 Å². The van der Waals surface area contributed by atoms with E-state index in [4.69, 9.17) is 5.11 Å². The molecule has 0 unspecified atom stereocenters. The first kappa shape index (κ1) is 6.52. The molecular weight excluding hydrogens is 88.1 g/mol. The molecule has 1 atom stereocenters. The Morgan fingerprint density at radius 1 is 1.71 bits per heavy atom. The number of rotatable bonds is 1. The minimum atomic E-state index is -0.271. The number of aliphatic hydroxyl groups is 1. The van der Waals surface area contributed by atoms with E-state index in [-0.39, 0.29) is 6.10 Å². The van der Waals surface area contributed by atoms with Crippen LogP contribution < -0.4 is 0 Å². The fourth-order valence-electron chi connectivity index (χ4n) is 0.250. The zero-order chi connectivity index (χ0) is 5.70. The maximum absolute atomic E-state index is 8.58. The van der Waals surface area contributed by atoms with Gasteiger partial charge < -0.3 is 5.11 Å². The van der Waals surface area contributed by atoms with Crippen LogP contribution in [0, 0.1) is 11.8 Å². The van der Waals surface area contributed by atoms with E-state index in [2.05, 4.69) is 11.8 Å². The predicted molar refractivity (Wildman–Crippen MR) is 29.7 cm³/mol. The molecule has 7 heavy (non-hydrogen) atoms. The predicted octanol–water partition coefficient (Wildman–Crippen LogP) is 0.781. The van der Waals surface area contributed by atoms with E-state index in [0.29, 0.717) is 6.42 Å². The molecule has 0 saturated carbocycles. The maximum atomic E-state index is 8.58. The molecule has 40 valence electrons. The lowest BCUT2D eigenvalue weighted by Gasteiger charge is -1.91. The third-order valence-corrected chi connectivity index (χ3v) is 0.574. The summed E-state index contributed by atoms with van der Waals surface area (Å²) in [6, 6.07) is 0. The van der Waals surface area contributed by atoms with Gasteiger partial charge in [0.2, 0.25) is 0 Å². The second-order valence-electron chi connectivity index (χ2n) is 1.48. The highest BCUT2D eigenvalue weighted by molar-refractivity contribution is 4.95. The van der Waals surface area contributed by atoms with Crippen LogP contribution in [0.4, 0.5) is 0 Å². The van der Waals surface area contributed by atoms with Gasteiger partial charge in [-0.05, 0) is 13.8 Å². The van der Waals surface area contributed by atoms with Crippen LogP contribution in [0.25, 0.3) is 0 Å². The first-order valence-electron chi connectivity index (χ1n) is 2.35. The average molecular weight is 98.1 g/mol. The Morgan fingerprint density at radius 3 is 2.43 bits per heavy atom. The fourth-order valence-corrected chi connectivity index (χ4v) is 0.250. The summed E-state index contributed by atoms with van der Waals surface area (Å²) in [5.74, 6) is 5.44. The van der Waals surface area contributed by atoms with Gasteiger partial charge in [0.05, 0.1) is 6.10 Å². The lowest BCUT2D eigenvalue weighted by atomic mass is 10.3. The molecule has 0 aromatic carbocycles. The highest BCUT2D eigenvalue weighted by atomic mass is 16.3. The monoisotopic (exact) mass is 98.1 g/mol. The Morgan fingerprint density at radius 2 is 2.29 bits per heavy atom. The lowest BCUT2D eigenvalue weighted by Crippen LogP contribution is -1.95. The summed E-state index contributed by atoms with van der Waals surface area (Å²) in [6.45, 7) is 3.49. The van der Waals surface area contributed by atoms with Crippen LogP contribution in [-0.2, 0) is 0 Å². The van der Waals surface area contributed by atoms with E-state index < -0.39 is 0 Å². The van der Waals surface area contributed by atoms with E-state index in [0.717, 1.165) is 0 Å². The third kappa shape index (κ3) is 5.52. The molecule has 0 bridgehead atoms. The molecule has 0 aliphatic carbocycles. The molecule has 0 fully saturated rings. The molecule has 0 radical (unpaired) electrons. The van der Waals surface area contributed by atoms with E-state index in [1.807, 2.05) is 0 Å². The SMILES string of the molecule is CC#CC[C@H](C)O.